The molecule has 0 aliphatic rings. The Morgan fingerprint density at radius 3 is 1.69 bits per heavy atom. The molecule has 2 heterocycles. The van der Waals surface area contributed by atoms with E-state index in [2.05, 4.69) is 49.2 Å². The molecule has 0 bridgehead atoms. The van der Waals surface area contributed by atoms with E-state index in [0.717, 1.165) is 38.5 Å². The first-order valence-corrected chi connectivity index (χ1v) is 20.3. The van der Waals surface area contributed by atoms with Crippen molar-refractivity contribution < 1.29 is 28.8 Å². The normalized spacial score (nSPS) is 14.3. The van der Waals surface area contributed by atoms with Gasteiger partial charge in [0.25, 0.3) is 0 Å². The molecule has 5 rings (SSSR count). The third kappa shape index (κ3) is 12.3. The summed E-state index contributed by atoms with van der Waals surface area (Å²) in [6, 6.07) is 17.9. The van der Waals surface area contributed by atoms with E-state index in [4.69, 9.17) is 11.5 Å². The van der Waals surface area contributed by atoms with Gasteiger partial charge in [0.15, 0.2) is 0 Å². The second-order valence-corrected chi connectivity index (χ2v) is 14.9. The van der Waals surface area contributed by atoms with Crippen molar-refractivity contribution in [3.05, 3.63) is 108 Å². The Kier molecular flexibility index (Phi) is 16.2. The van der Waals surface area contributed by atoms with E-state index < -0.39 is 65.8 Å². The number of aromatic amines is 2. The quantitative estimate of drug-likeness (QED) is 0.0279. The first-order valence-electron chi connectivity index (χ1n) is 19.7. The van der Waals surface area contributed by atoms with E-state index in [-0.39, 0.29) is 31.4 Å². The number of nitrogens with two attached hydrogens (primary N) is 2. The molecule has 59 heavy (non-hydrogen) atoms. The topological polar surface area (TPSA) is 246 Å². The van der Waals surface area contributed by atoms with Gasteiger partial charge in [-0.15, -0.1) is 0 Å². The van der Waals surface area contributed by atoms with Crippen molar-refractivity contribution in [1.29, 1.82) is 0 Å². The SMILES string of the molecule is C[C@H](N)C(=O)N[C@@H](CS)C(=O)N[C@@H](CCCCN)C(=O)N[C@@H](Cc1ccccc1)C(=O)N[C@@H](Cc1c[nH]c2ccccc12)C(=O)N[C@H](C=O)Cc1c[nH]c2ccccc12. The van der Waals surface area contributed by atoms with Gasteiger partial charge in [-0.3, -0.25) is 24.0 Å². The average molecular weight is 824 g/mol. The molecule has 312 valence electrons. The molecule has 15 nitrogen and oxygen atoms in total. The summed E-state index contributed by atoms with van der Waals surface area (Å²) < 4.78 is 0. The van der Waals surface area contributed by atoms with E-state index in [0.29, 0.717) is 25.7 Å². The predicted octanol–water partition coefficient (Wildman–Crippen LogP) is 1.71. The molecule has 0 spiro atoms. The minimum atomic E-state index is -1.20. The van der Waals surface area contributed by atoms with Crippen molar-refractivity contribution in [2.45, 2.75) is 81.7 Å². The van der Waals surface area contributed by atoms with Gasteiger partial charge >= 0.3 is 0 Å². The van der Waals surface area contributed by atoms with E-state index in [9.17, 15) is 28.8 Å². The van der Waals surface area contributed by atoms with Crippen LogP contribution in [0.25, 0.3) is 21.8 Å². The van der Waals surface area contributed by atoms with Crippen molar-refractivity contribution >= 4 is 70.3 Å². The van der Waals surface area contributed by atoms with Gasteiger partial charge in [-0.2, -0.15) is 12.6 Å². The number of hydrogen-bond acceptors (Lipinski definition) is 9. The van der Waals surface area contributed by atoms with Crippen molar-refractivity contribution in [2.24, 2.45) is 11.5 Å². The number of thiol groups is 1. The lowest BCUT2D eigenvalue weighted by Crippen LogP contribution is -2.60. The van der Waals surface area contributed by atoms with Crippen molar-refractivity contribution in [3.63, 3.8) is 0 Å². The summed E-state index contributed by atoms with van der Waals surface area (Å²) in [5, 5.41) is 15.6. The average Bonchev–Trinajstić information content (AvgIpc) is 3.85. The fourth-order valence-corrected chi connectivity index (χ4v) is 7.08. The number of aromatic nitrogens is 2. The Bertz CT molecular complexity index is 2210. The molecule has 5 aromatic rings. The molecule has 0 saturated carbocycles. The molecule has 16 heteroatoms. The van der Waals surface area contributed by atoms with E-state index >= 15 is 0 Å². The van der Waals surface area contributed by atoms with Crippen LogP contribution in [0.2, 0.25) is 0 Å². The fraction of sp³-hybridized carbons (Fsp3) is 0.349. The van der Waals surface area contributed by atoms with Gasteiger partial charge < -0.3 is 52.8 Å². The highest BCUT2D eigenvalue weighted by molar-refractivity contribution is 7.80. The Morgan fingerprint density at radius 1 is 0.627 bits per heavy atom. The Hall–Kier alpha value is -5.97. The zero-order chi connectivity index (χ0) is 42.3. The third-order valence-corrected chi connectivity index (χ3v) is 10.4. The van der Waals surface area contributed by atoms with E-state index in [1.807, 2.05) is 54.6 Å². The molecule has 0 aliphatic heterocycles. The van der Waals surface area contributed by atoms with Gasteiger partial charge in [-0.05, 0) is 61.6 Å². The lowest BCUT2D eigenvalue weighted by Gasteiger charge is -2.27. The lowest BCUT2D eigenvalue weighted by molar-refractivity contribution is -0.134. The summed E-state index contributed by atoms with van der Waals surface area (Å²) in [4.78, 5) is 87.2. The smallest absolute Gasteiger partial charge is 0.244 e. The Balaban J connectivity index is 1.40. The van der Waals surface area contributed by atoms with Crippen molar-refractivity contribution in [2.75, 3.05) is 12.3 Å². The lowest BCUT2D eigenvalue weighted by atomic mass is 10.0. The molecule has 0 aliphatic carbocycles. The number of para-hydroxylation sites is 2. The minimum absolute atomic E-state index is 0.0462. The van der Waals surface area contributed by atoms with Crippen LogP contribution in [-0.2, 0) is 48.0 Å². The van der Waals surface area contributed by atoms with Crippen LogP contribution >= 0.6 is 12.6 Å². The molecule has 0 fully saturated rings. The number of nitrogens with one attached hydrogen (secondary N) is 7. The molecular weight excluding hydrogens is 771 g/mol. The van der Waals surface area contributed by atoms with Crippen molar-refractivity contribution in [1.82, 2.24) is 36.6 Å². The number of carbonyl (C=O) groups is 6. The molecule has 11 N–H and O–H groups in total. The third-order valence-electron chi connectivity index (χ3n) is 10.1. The molecule has 5 amide bonds. The molecule has 6 atom stereocenters. The second kappa shape index (κ2) is 21.7. The van der Waals surface area contributed by atoms with E-state index in [1.165, 1.54) is 6.92 Å². The summed E-state index contributed by atoms with van der Waals surface area (Å²) in [6.07, 6.45) is 5.78. The molecular formula is C43H53N9O6S. The maximum atomic E-state index is 14.4. The van der Waals surface area contributed by atoms with Crippen LogP contribution in [0.1, 0.15) is 42.9 Å². The predicted molar refractivity (Wildman–Crippen MR) is 230 cm³/mol. The monoisotopic (exact) mass is 823 g/mol. The first kappa shape index (κ1) is 44.1. The molecule has 0 unspecified atom stereocenters. The standard InChI is InChI=1S/C43H53N9O6S/c1-26(45)39(54)52-38(25-59)43(58)49-35(17-9-10-18-44)40(55)50-36(19-27-11-3-2-4-12-27)42(57)51-37(21-29-23-47-34-16-8-6-14-32(29)34)41(56)48-30(24-53)20-28-22-46-33-15-7-5-13-31(28)33/h2-8,11-16,22-24,26,30,35-38,46-47,59H,9-10,17-21,25,44-45H2,1H3,(H,48,56)(H,49,58)(H,50,55)(H,51,57)(H,52,54)/t26-,30-,35-,36-,37-,38-/m0/s1. The number of unbranched alkanes of at least 4 members (excludes halogenated alkanes) is 1. The number of hydrogen-bond donors (Lipinski definition) is 10. The summed E-state index contributed by atoms with van der Waals surface area (Å²) >= 11 is 4.22. The van der Waals surface area contributed by atoms with Crippen LogP contribution in [0.15, 0.2) is 91.3 Å². The number of benzene rings is 3. The van der Waals surface area contributed by atoms with Gasteiger partial charge in [0.05, 0.1) is 12.1 Å². The molecule has 2 aromatic heterocycles. The van der Waals surface area contributed by atoms with E-state index in [1.54, 1.807) is 36.7 Å². The molecule has 3 aromatic carbocycles. The van der Waals surface area contributed by atoms with Crippen LogP contribution in [0, 0.1) is 0 Å². The zero-order valence-electron chi connectivity index (χ0n) is 32.9. The maximum absolute atomic E-state index is 14.4. The Morgan fingerprint density at radius 2 is 1.12 bits per heavy atom. The molecule has 0 saturated heterocycles. The van der Waals surface area contributed by atoms with Crippen LogP contribution in [-0.4, -0.2) is 94.3 Å². The maximum Gasteiger partial charge on any atom is 0.244 e. The number of amides is 5. The number of aldehydes is 1. The van der Waals surface area contributed by atoms with Crippen LogP contribution in [0.4, 0.5) is 0 Å². The highest BCUT2D eigenvalue weighted by Gasteiger charge is 2.32. The number of fused-ring (bicyclic) bond motifs is 2. The highest BCUT2D eigenvalue weighted by atomic mass is 32.1. The molecule has 0 radical (unpaired) electrons. The summed E-state index contributed by atoms with van der Waals surface area (Å²) in [7, 11) is 0. The number of carbonyl (C=O) groups excluding carboxylic acids is 6. The Labute approximate surface area is 348 Å². The van der Waals surface area contributed by atoms with Crippen LogP contribution in [0.3, 0.4) is 0 Å². The van der Waals surface area contributed by atoms with Gasteiger partial charge in [-0.25, -0.2) is 0 Å². The summed E-state index contributed by atoms with van der Waals surface area (Å²) in [6.45, 7) is 1.84. The largest absolute Gasteiger partial charge is 0.361 e. The summed E-state index contributed by atoms with van der Waals surface area (Å²) in [5.41, 5.74) is 15.5. The first-order chi connectivity index (χ1) is 28.5. The van der Waals surface area contributed by atoms with Crippen molar-refractivity contribution in [3.8, 4) is 0 Å². The second-order valence-electron chi connectivity index (χ2n) is 14.6. The fourth-order valence-electron chi connectivity index (χ4n) is 6.82. The van der Waals surface area contributed by atoms with Gasteiger partial charge in [0.2, 0.25) is 29.5 Å². The number of rotatable bonds is 22. The highest BCUT2D eigenvalue weighted by Crippen LogP contribution is 2.21. The van der Waals surface area contributed by atoms with Crippen LogP contribution in [0.5, 0.6) is 0 Å². The van der Waals surface area contributed by atoms with Gasteiger partial charge in [0.1, 0.15) is 30.5 Å². The zero-order valence-corrected chi connectivity index (χ0v) is 33.8. The van der Waals surface area contributed by atoms with Gasteiger partial charge in [0, 0.05) is 59.2 Å². The minimum Gasteiger partial charge on any atom is -0.361 e. The van der Waals surface area contributed by atoms with Crippen LogP contribution < -0.4 is 38.1 Å². The van der Waals surface area contributed by atoms with Gasteiger partial charge in [-0.1, -0.05) is 66.7 Å². The number of H-pyrrole nitrogens is 2. The summed E-state index contributed by atoms with van der Waals surface area (Å²) in [5.74, 6) is -3.19.